The van der Waals surface area contributed by atoms with E-state index in [0.717, 1.165) is 22.3 Å². The highest BCUT2D eigenvalue weighted by Crippen LogP contribution is 2.30. The second kappa shape index (κ2) is 7.99. The Morgan fingerprint density at radius 2 is 1.76 bits per heavy atom. The van der Waals surface area contributed by atoms with Crippen molar-refractivity contribution < 1.29 is 5.11 Å². The third kappa shape index (κ3) is 4.33. The third-order valence-corrected chi connectivity index (χ3v) is 5.18. The number of hydrogen-bond acceptors (Lipinski definition) is 3. The molecule has 2 nitrogen and oxygen atoms in total. The number of aliphatic hydroxyl groups is 1. The quantitative estimate of drug-likeness (QED) is 0.726. The van der Waals surface area contributed by atoms with Crippen LogP contribution < -0.4 is 5.32 Å². The maximum Gasteiger partial charge on any atom is 0.0764 e. The summed E-state index contributed by atoms with van der Waals surface area (Å²) in [5, 5.41) is 13.5. The van der Waals surface area contributed by atoms with Crippen LogP contribution in [0.1, 0.15) is 12.5 Å². The molecule has 0 saturated carbocycles. The van der Waals surface area contributed by atoms with Gasteiger partial charge in [0.1, 0.15) is 0 Å². The number of rotatable bonds is 7. The second-order valence-corrected chi connectivity index (χ2v) is 6.84. The predicted octanol–water partition coefficient (Wildman–Crippen LogP) is 4.04. The van der Waals surface area contributed by atoms with Gasteiger partial charge in [0, 0.05) is 15.1 Å². The normalized spacial score (nSPS) is 13.9. The maximum atomic E-state index is 10.00. The average molecular weight is 366 g/mol. The van der Waals surface area contributed by atoms with Gasteiger partial charge in [0.25, 0.3) is 0 Å². The Hall–Kier alpha value is -0.810. The summed E-state index contributed by atoms with van der Waals surface area (Å²) in [7, 11) is 0. The Morgan fingerprint density at radius 1 is 1.10 bits per heavy atom. The van der Waals surface area contributed by atoms with Gasteiger partial charge in [-0.2, -0.15) is 0 Å². The summed E-state index contributed by atoms with van der Waals surface area (Å²) in [6.07, 6.45) is 0. The minimum atomic E-state index is -0.409. The topological polar surface area (TPSA) is 32.3 Å². The van der Waals surface area contributed by atoms with E-state index in [1.165, 1.54) is 4.90 Å². The number of aliphatic hydroxyl groups excluding tert-OH is 1. The molecule has 0 aromatic heterocycles. The van der Waals surface area contributed by atoms with Crippen molar-refractivity contribution in [1.82, 2.24) is 5.32 Å². The first-order valence-corrected chi connectivity index (χ1v) is 8.78. The highest BCUT2D eigenvalue weighted by atomic mass is 79.9. The maximum absolute atomic E-state index is 10.00. The molecule has 0 saturated heterocycles. The van der Waals surface area contributed by atoms with Crippen LogP contribution >= 0.6 is 27.7 Å². The van der Waals surface area contributed by atoms with Crippen molar-refractivity contribution in [2.75, 3.05) is 18.9 Å². The lowest BCUT2D eigenvalue weighted by Crippen LogP contribution is -2.47. The van der Waals surface area contributed by atoms with Crippen LogP contribution in [-0.2, 0) is 5.54 Å². The van der Waals surface area contributed by atoms with Crippen LogP contribution in [0.4, 0.5) is 0 Å². The average Bonchev–Trinajstić information content (AvgIpc) is 2.54. The first-order chi connectivity index (χ1) is 10.2. The molecule has 112 valence electrons. The molecule has 2 N–H and O–H groups in total. The van der Waals surface area contributed by atoms with E-state index < -0.39 is 5.54 Å². The summed E-state index contributed by atoms with van der Waals surface area (Å²) < 4.78 is 1.08. The Morgan fingerprint density at radius 3 is 2.33 bits per heavy atom. The monoisotopic (exact) mass is 365 g/mol. The van der Waals surface area contributed by atoms with Gasteiger partial charge < -0.3 is 10.4 Å². The van der Waals surface area contributed by atoms with Gasteiger partial charge in [-0.3, -0.25) is 0 Å². The van der Waals surface area contributed by atoms with Crippen LogP contribution in [-0.4, -0.2) is 24.0 Å². The van der Waals surface area contributed by atoms with Crippen LogP contribution in [0.15, 0.2) is 64.0 Å². The second-order valence-electron chi connectivity index (χ2n) is 4.88. The number of thioether (sulfide) groups is 1. The third-order valence-electron chi connectivity index (χ3n) is 3.41. The molecule has 0 radical (unpaired) electrons. The first kappa shape index (κ1) is 16.6. The van der Waals surface area contributed by atoms with E-state index in [1.54, 1.807) is 11.8 Å². The lowest BCUT2D eigenvalue weighted by atomic mass is 9.92. The van der Waals surface area contributed by atoms with E-state index in [9.17, 15) is 5.11 Å². The molecule has 0 amide bonds. The van der Waals surface area contributed by atoms with Crippen LogP contribution in [0.2, 0.25) is 0 Å². The summed E-state index contributed by atoms with van der Waals surface area (Å²) in [6, 6.07) is 18.4. The zero-order valence-corrected chi connectivity index (χ0v) is 14.5. The molecule has 0 aliphatic rings. The summed E-state index contributed by atoms with van der Waals surface area (Å²) >= 11 is 5.20. The SMILES string of the molecule is CCNC(CO)(CSc1ccc(Br)cc1)c1ccccc1. The van der Waals surface area contributed by atoms with Gasteiger partial charge in [0.15, 0.2) is 0 Å². The minimum Gasteiger partial charge on any atom is -0.394 e. The number of nitrogens with one attached hydrogen (secondary N) is 1. The van der Waals surface area contributed by atoms with Gasteiger partial charge in [0.2, 0.25) is 0 Å². The molecule has 0 fully saturated rings. The summed E-state index contributed by atoms with van der Waals surface area (Å²) in [5.41, 5.74) is 0.715. The molecule has 0 aliphatic carbocycles. The minimum absolute atomic E-state index is 0.0778. The van der Waals surface area contributed by atoms with E-state index in [1.807, 2.05) is 30.3 Å². The molecular weight excluding hydrogens is 346 g/mol. The van der Waals surface area contributed by atoms with E-state index in [4.69, 9.17) is 0 Å². The molecule has 1 unspecified atom stereocenters. The fraction of sp³-hybridized carbons (Fsp3) is 0.294. The van der Waals surface area contributed by atoms with Crippen molar-refractivity contribution in [3.05, 3.63) is 64.6 Å². The Balaban J connectivity index is 2.18. The molecule has 0 aliphatic heterocycles. The van der Waals surface area contributed by atoms with Gasteiger partial charge in [-0.1, -0.05) is 53.2 Å². The number of halogens is 1. The van der Waals surface area contributed by atoms with Crippen molar-refractivity contribution in [2.45, 2.75) is 17.4 Å². The smallest absolute Gasteiger partial charge is 0.0764 e. The Kier molecular flexibility index (Phi) is 6.30. The molecule has 21 heavy (non-hydrogen) atoms. The molecule has 0 heterocycles. The summed E-state index contributed by atoms with van der Waals surface area (Å²) in [4.78, 5) is 1.20. The van der Waals surface area contributed by atoms with Gasteiger partial charge in [-0.15, -0.1) is 11.8 Å². The molecular formula is C17H20BrNOS. The fourth-order valence-electron chi connectivity index (χ4n) is 2.26. The van der Waals surface area contributed by atoms with E-state index in [-0.39, 0.29) is 6.61 Å². The van der Waals surface area contributed by atoms with Crippen LogP contribution in [0.5, 0.6) is 0 Å². The Labute approximate surface area is 139 Å². The zero-order chi connectivity index (χ0) is 15.1. The molecule has 2 aromatic rings. The number of hydrogen-bond donors (Lipinski definition) is 2. The van der Waals surface area contributed by atoms with Gasteiger partial charge in [-0.25, -0.2) is 0 Å². The van der Waals surface area contributed by atoms with Crippen LogP contribution in [0.3, 0.4) is 0 Å². The molecule has 2 aromatic carbocycles. The van der Waals surface area contributed by atoms with Crippen molar-refractivity contribution >= 4 is 27.7 Å². The molecule has 4 heteroatoms. The zero-order valence-electron chi connectivity index (χ0n) is 12.1. The first-order valence-electron chi connectivity index (χ1n) is 7.00. The van der Waals surface area contributed by atoms with Gasteiger partial charge >= 0.3 is 0 Å². The molecule has 0 spiro atoms. The predicted molar refractivity (Wildman–Crippen MR) is 93.7 cm³/mol. The van der Waals surface area contributed by atoms with Crippen LogP contribution in [0, 0.1) is 0 Å². The fourth-order valence-corrected chi connectivity index (χ4v) is 3.63. The molecule has 0 bridgehead atoms. The summed E-state index contributed by atoms with van der Waals surface area (Å²) in [6.45, 7) is 2.96. The van der Waals surface area contributed by atoms with Gasteiger partial charge in [-0.05, 0) is 36.4 Å². The largest absolute Gasteiger partial charge is 0.394 e. The van der Waals surface area contributed by atoms with Crippen molar-refractivity contribution in [1.29, 1.82) is 0 Å². The van der Waals surface area contributed by atoms with Crippen molar-refractivity contribution in [3.63, 3.8) is 0 Å². The lowest BCUT2D eigenvalue weighted by molar-refractivity contribution is 0.181. The number of likely N-dealkylation sites (N-methyl/N-ethyl adjacent to an activating group) is 1. The van der Waals surface area contributed by atoms with E-state index in [2.05, 4.69) is 52.4 Å². The standard InChI is InChI=1S/C17H20BrNOS/c1-2-19-17(12-20,14-6-4-3-5-7-14)13-21-16-10-8-15(18)9-11-16/h3-11,19-20H,2,12-13H2,1H3. The van der Waals surface area contributed by atoms with E-state index in [0.29, 0.717) is 0 Å². The number of benzene rings is 2. The van der Waals surface area contributed by atoms with Gasteiger partial charge in [0.05, 0.1) is 12.1 Å². The van der Waals surface area contributed by atoms with E-state index >= 15 is 0 Å². The van der Waals surface area contributed by atoms with Crippen LogP contribution in [0.25, 0.3) is 0 Å². The highest BCUT2D eigenvalue weighted by molar-refractivity contribution is 9.10. The van der Waals surface area contributed by atoms with Crippen molar-refractivity contribution in [2.24, 2.45) is 0 Å². The molecule has 1 atom stereocenters. The lowest BCUT2D eigenvalue weighted by Gasteiger charge is -2.33. The van der Waals surface area contributed by atoms with Crippen molar-refractivity contribution in [3.8, 4) is 0 Å². The Bertz CT molecular complexity index is 546. The highest BCUT2D eigenvalue weighted by Gasteiger charge is 2.30. The summed E-state index contributed by atoms with van der Waals surface area (Å²) in [5.74, 6) is 0.781. The molecule has 2 rings (SSSR count).